The van der Waals surface area contributed by atoms with Crippen molar-refractivity contribution < 1.29 is 5.11 Å². The fourth-order valence-electron chi connectivity index (χ4n) is 1.24. The van der Waals surface area contributed by atoms with Crippen molar-refractivity contribution in [1.29, 1.82) is 5.26 Å². The molecule has 0 aliphatic heterocycles. The van der Waals surface area contributed by atoms with Gasteiger partial charge < -0.3 is 10.4 Å². The predicted octanol–water partition coefficient (Wildman–Crippen LogP) is 1.57. The van der Waals surface area contributed by atoms with Gasteiger partial charge >= 0.3 is 0 Å². The molecule has 2 N–H and O–H groups in total. The molecular weight excluding hydrogens is 244 g/mol. The molecule has 1 unspecified atom stereocenters. The molecule has 0 aliphatic rings. The van der Waals surface area contributed by atoms with E-state index in [1.165, 1.54) is 0 Å². The van der Waals surface area contributed by atoms with Gasteiger partial charge in [-0.15, -0.1) is 0 Å². The Labute approximate surface area is 91.5 Å². The Morgan fingerprint density at radius 2 is 2.29 bits per heavy atom. The number of nitrogens with zero attached hydrogens (tertiary/aromatic N) is 1. The van der Waals surface area contributed by atoms with Gasteiger partial charge in [0, 0.05) is 4.47 Å². The van der Waals surface area contributed by atoms with Crippen LogP contribution in [0.15, 0.2) is 22.7 Å². The van der Waals surface area contributed by atoms with Crippen molar-refractivity contribution in [3.63, 3.8) is 0 Å². The highest BCUT2D eigenvalue weighted by Crippen LogP contribution is 2.20. The van der Waals surface area contributed by atoms with Crippen LogP contribution in [0.3, 0.4) is 0 Å². The molecule has 0 bridgehead atoms. The van der Waals surface area contributed by atoms with E-state index in [1.807, 2.05) is 6.07 Å². The molecule has 3 nitrogen and oxygen atoms in total. The Hall–Kier alpha value is -0.890. The van der Waals surface area contributed by atoms with Crippen molar-refractivity contribution >= 4 is 15.9 Å². The smallest absolute Gasteiger partial charge is 0.0992 e. The number of nitrogens with one attached hydrogen (secondary N) is 1. The summed E-state index contributed by atoms with van der Waals surface area (Å²) in [5, 5.41) is 20.8. The van der Waals surface area contributed by atoms with Gasteiger partial charge in [-0.1, -0.05) is 15.9 Å². The minimum atomic E-state index is -0.125. The zero-order valence-electron chi connectivity index (χ0n) is 7.79. The number of nitriles is 1. The number of halogens is 1. The summed E-state index contributed by atoms with van der Waals surface area (Å²) < 4.78 is 0.847. The lowest BCUT2D eigenvalue weighted by Gasteiger charge is -2.13. The molecule has 14 heavy (non-hydrogen) atoms. The molecule has 1 atom stereocenters. The second kappa shape index (κ2) is 5.11. The van der Waals surface area contributed by atoms with Crippen LogP contribution in [0.25, 0.3) is 0 Å². The van der Waals surface area contributed by atoms with Gasteiger partial charge in [0.05, 0.1) is 24.3 Å². The van der Waals surface area contributed by atoms with Gasteiger partial charge in [-0.25, -0.2) is 0 Å². The number of hydrogen-bond donors (Lipinski definition) is 2. The number of hydrogen-bond acceptors (Lipinski definition) is 3. The third-order valence-corrected chi connectivity index (χ3v) is 2.44. The van der Waals surface area contributed by atoms with E-state index in [0.29, 0.717) is 5.56 Å². The van der Waals surface area contributed by atoms with Gasteiger partial charge in [0.25, 0.3) is 0 Å². The fraction of sp³-hybridized carbons (Fsp3) is 0.300. The maximum atomic E-state index is 9.07. The lowest BCUT2D eigenvalue weighted by atomic mass is 10.1. The van der Waals surface area contributed by atoms with Gasteiger partial charge in [0.2, 0.25) is 0 Å². The van der Waals surface area contributed by atoms with Crippen LogP contribution in [0.1, 0.15) is 17.2 Å². The lowest BCUT2D eigenvalue weighted by molar-refractivity contribution is 0.251. The van der Waals surface area contributed by atoms with Gasteiger partial charge in [0.1, 0.15) is 0 Å². The maximum absolute atomic E-state index is 9.07. The largest absolute Gasteiger partial charge is 0.394 e. The van der Waals surface area contributed by atoms with Crippen LogP contribution < -0.4 is 5.32 Å². The molecule has 0 aromatic heterocycles. The van der Waals surface area contributed by atoms with E-state index in [-0.39, 0.29) is 12.6 Å². The molecule has 0 amide bonds. The quantitative estimate of drug-likeness (QED) is 0.862. The van der Waals surface area contributed by atoms with E-state index in [1.54, 1.807) is 19.2 Å². The molecule has 0 saturated heterocycles. The van der Waals surface area contributed by atoms with Crippen LogP contribution in [0.2, 0.25) is 0 Å². The van der Waals surface area contributed by atoms with Crippen molar-refractivity contribution in [2.75, 3.05) is 13.7 Å². The van der Waals surface area contributed by atoms with Crippen molar-refractivity contribution in [2.24, 2.45) is 0 Å². The summed E-state index contributed by atoms with van der Waals surface area (Å²) >= 11 is 3.32. The van der Waals surface area contributed by atoms with Crippen LogP contribution in [0, 0.1) is 11.3 Å². The molecule has 0 aliphatic carbocycles. The Morgan fingerprint density at radius 1 is 1.57 bits per heavy atom. The summed E-state index contributed by atoms with van der Waals surface area (Å²) in [6, 6.07) is 7.34. The summed E-state index contributed by atoms with van der Waals surface area (Å²) in [7, 11) is 1.77. The molecule has 0 heterocycles. The molecular formula is C10H11BrN2O. The molecule has 4 heteroatoms. The third kappa shape index (κ3) is 2.55. The SMILES string of the molecule is CNC(CO)c1cc(Br)cc(C#N)c1. The highest BCUT2D eigenvalue weighted by atomic mass is 79.9. The first-order valence-corrected chi connectivity index (χ1v) is 4.99. The minimum Gasteiger partial charge on any atom is -0.394 e. The molecule has 0 spiro atoms. The van der Waals surface area contributed by atoms with Crippen LogP contribution in [-0.4, -0.2) is 18.8 Å². The highest BCUT2D eigenvalue weighted by Gasteiger charge is 2.09. The average molecular weight is 255 g/mol. The van der Waals surface area contributed by atoms with E-state index in [2.05, 4.69) is 27.3 Å². The standard InChI is InChI=1S/C10H11BrN2O/c1-13-10(6-14)8-2-7(5-12)3-9(11)4-8/h2-4,10,13-14H,6H2,1H3. The Kier molecular flexibility index (Phi) is 4.08. The first-order chi connectivity index (χ1) is 6.71. The van der Waals surface area contributed by atoms with Crippen LogP contribution in [0.4, 0.5) is 0 Å². The second-order valence-electron chi connectivity index (χ2n) is 2.91. The van der Waals surface area contributed by atoms with Crippen molar-refractivity contribution in [2.45, 2.75) is 6.04 Å². The predicted molar refractivity (Wildman–Crippen MR) is 57.7 cm³/mol. The number of rotatable bonds is 3. The van der Waals surface area contributed by atoms with Crippen LogP contribution in [-0.2, 0) is 0 Å². The minimum absolute atomic E-state index is 0.0117. The fourth-order valence-corrected chi connectivity index (χ4v) is 1.75. The van der Waals surface area contributed by atoms with Gasteiger partial charge in [-0.3, -0.25) is 0 Å². The van der Waals surface area contributed by atoms with Crippen molar-refractivity contribution in [3.8, 4) is 6.07 Å². The van der Waals surface area contributed by atoms with E-state index in [0.717, 1.165) is 10.0 Å². The van der Waals surface area contributed by atoms with Crippen LogP contribution in [0.5, 0.6) is 0 Å². The van der Waals surface area contributed by atoms with Gasteiger partial charge in [-0.05, 0) is 30.8 Å². The Bertz CT molecular complexity index is 356. The monoisotopic (exact) mass is 254 g/mol. The number of benzene rings is 1. The van der Waals surface area contributed by atoms with Gasteiger partial charge in [0.15, 0.2) is 0 Å². The number of aliphatic hydroxyl groups excluding tert-OH is 1. The summed E-state index contributed by atoms with van der Waals surface area (Å²) in [6.45, 7) is 0.0117. The molecule has 0 saturated carbocycles. The highest BCUT2D eigenvalue weighted by molar-refractivity contribution is 9.10. The molecule has 74 valence electrons. The van der Waals surface area contributed by atoms with Crippen LogP contribution >= 0.6 is 15.9 Å². The third-order valence-electron chi connectivity index (χ3n) is 1.98. The van der Waals surface area contributed by atoms with E-state index >= 15 is 0 Å². The van der Waals surface area contributed by atoms with Crippen molar-refractivity contribution in [3.05, 3.63) is 33.8 Å². The molecule has 1 aromatic rings. The number of likely N-dealkylation sites (N-methyl/N-ethyl adjacent to an activating group) is 1. The topological polar surface area (TPSA) is 56.0 Å². The summed E-state index contributed by atoms with van der Waals surface area (Å²) in [4.78, 5) is 0. The van der Waals surface area contributed by atoms with E-state index < -0.39 is 0 Å². The normalized spacial score (nSPS) is 12.1. The Balaban J connectivity index is 3.09. The Morgan fingerprint density at radius 3 is 2.79 bits per heavy atom. The van der Waals surface area contributed by atoms with E-state index in [4.69, 9.17) is 10.4 Å². The molecule has 1 rings (SSSR count). The first kappa shape index (κ1) is 11.2. The summed E-state index contributed by atoms with van der Waals surface area (Å²) in [6.07, 6.45) is 0. The average Bonchev–Trinajstić information content (AvgIpc) is 2.19. The zero-order valence-corrected chi connectivity index (χ0v) is 9.37. The van der Waals surface area contributed by atoms with E-state index in [9.17, 15) is 0 Å². The summed E-state index contributed by atoms with van der Waals surface area (Å²) in [5.41, 5.74) is 1.49. The number of aliphatic hydroxyl groups is 1. The molecule has 0 fully saturated rings. The first-order valence-electron chi connectivity index (χ1n) is 4.20. The molecule has 1 aromatic carbocycles. The lowest BCUT2D eigenvalue weighted by Crippen LogP contribution is -2.19. The second-order valence-corrected chi connectivity index (χ2v) is 3.82. The molecule has 0 radical (unpaired) electrons. The van der Waals surface area contributed by atoms with Crippen molar-refractivity contribution in [1.82, 2.24) is 5.32 Å². The zero-order chi connectivity index (χ0) is 10.6. The maximum Gasteiger partial charge on any atom is 0.0992 e. The van der Waals surface area contributed by atoms with Gasteiger partial charge in [-0.2, -0.15) is 5.26 Å². The summed E-state index contributed by atoms with van der Waals surface area (Å²) in [5.74, 6) is 0.